The van der Waals surface area contributed by atoms with Crippen LogP contribution in [0.15, 0.2) is 36.4 Å². The van der Waals surface area contributed by atoms with Crippen molar-refractivity contribution in [1.29, 1.82) is 0 Å². The Hall–Kier alpha value is -1.69. The van der Waals surface area contributed by atoms with Gasteiger partial charge in [0.2, 0.25) is 0 Å². The number of ether oxygens (including phenoxy) is 1. The molecular formula is C15H13IO3. The van der Waals surface area contributed by atoms with Crippen molar-refractivity contribution in [3.8, 4) is 17.2 Å². The molecule has 0 saturated heterocycles. The molecule has 0 saturated carbocycles. The van der Waals surface area contributed by atoms with Crippen LogP contribution in [-0.4, -0.2) is 17.3 Å². The lowest BCUT2D eigenvalue weighted by molar-refractivity contribution is 0.412. The molecule has 0 bridgehead atoms. The van der Waals surface area contributed by atoms with Gasteiger partial charge in [-0.25, -0.2) is 0 Å². The van der Waals surface area contributed by atoms with E-state index in [1.165, 1.54) is 6.07 Å². The summed E-state index contributed by atoms with van der Waals surface area (Å²) in [6.45, 7) is 0. The van der Waals surface area contributed by atoms with Gasteiger partial charge < -0.3 is 14.9 Å². The fraction of sp³-hybridized carbons (Fsp3) is 0.0667. The lowest BCUT2D eigenvalue weighted by atomic mass is 10.1. The number of halogens is 1. The standard InChI is InChI=1S/C15H13IO3/c1-19-15-5-4-10(8-14(15)16)2-3-11-6-12(17)9-13(18)7-11/h2-9,17-18H,1H3/b3-2+. The molecule has 0 aromatic heterocycles. The van der Waals surface area contributed by atoms with E-state index >= 15 is 0 Å². The van der Waals surface area contributed by atoms with Crippen molar-refractivity contribution >= 4 is 34.7 Å². The molecule has 2 aromatic carbocycles. The fourth-order valence-electron chi connectivity index (χ4n) is 1.69. The minimum Gasteiger partial charge on any atom is -0.508 e. The van der Waals surface area contributed by atoms with E-state index in [0.29, 0.717) is 0 Å². The van der Waals surface area contributed by atoms with Gasteiger partial charge in [0.25, 0.3) is 0 Å². The van der Waals surface area contributed by atoms with Crippen LogP contribution in [0, 0.1) is 3.57 Å². The highest BCUT2D eigenvalue weighted by molar-refractivity contribution is 14.1. The molecule has 0 unspecified atom stereocenters. The monoisotopic (exact) mass is 368 g/mol. The molecular weight excluding hydrogens is 355 g/mol. The first-order chi connectivity index (χ1) is 9.08. The van der Waals surface area contributed by atoms with Crippen LogP contribution >= 0.6 is 22.6 Å². The third kappa shape index (κ3) is 3.64. The molecule has 0 radical (unpaired) electrons. The first-order valence-corrected chi connectivity index (χ1v) is 6.71. The molecule has 0 spiro atoms. The third-order valence-electron chi connectivity index (χ3n) is 2.57. The Balaban J connectivity index is 2.24. The van der Waals surface area contributed by atoms with Gasteiger partial charge in [-0.15, -0.1) is 0 Å². The van der Waals surface area contributed by atoms with Crippen LogP contribution in [0.1, 0.15) is 11.1 Å². The second-order valence-corrected chi connectivity index (χ2v) is 5.17. The first kappa shape index (κ1) is 13.7. The van der Waals surface area contributed by atoms with Crippen LogP contribution in [-0.2, 0) is 0 Å². The second kappa shape index (κ2) is 5.97. The second-order valence-electron chi connectivity index (χ2n) is 4.01. The van der Waals surface area contributed by atoms with Crippen LogP contribution in [0.4, 0.5) is 0 Å². The third-order valence-corrected chi connectivity index (χ3v) is 3.41. The summed E-state index contributed by atoms with van der Waals surface area (Å²) >= 11 is 2.21. The number of benzene rings is 2. The molecule has 19 heavy (non-hydrogen) atoms. The predicted octanol–water partition coefficient (Wildman–Crippen LogP) is 3.88. The van der Waals surface area contributed by atoms with E-state index in [2.05, 4.69) is 22.6 Å². The highest BCUT2D eigenvalue weighted by Crippen LogP contribution is 2.24. The predicted molar refractivity (Wildman–Crippen MR) is 84.4 cm³/mol. The first-order valence-electron chi connectivity index (χ1n) is 5.63. The molecule has 0 aliphatic heterocycles. The van der Waals surface area contributed by atoms with Gasteiger partial charge in [0.15, 0.2) is 0 Å². The minimum atomic E-state index is 0.0453. The Morgan fingerprint density at radius 1 is 0.947 bits per heavy atom. The van der Waals surface area contributed by atoms with Crippen LogP contribution in [0.2, 0.25) is 0 Å². The number of hydrogen-bond acceptors (Lipinski definition) is 3. The van der Waals surface area contributed by atoms with Crippen molar-refractivity contribution in [1.82, 2.24) is 0 Å². The Morgan fingerprint density at radius 3 is 2.16 bits per heavy atom. The number of rotatable bonds is 3. The highest BCUT2D eigenvalue weighted by atomic mass is 127. The Labute approximate surface area is 125 Å². The van der Waals surface area contributed by atoms with Crippen LogP contribution in [0.5, 0.6) is 17.2 Å². The largest absolute Gasteiger partial charge is 0.508 e. The molecule has 0 fully saturated rings. The molecule has 2 N–H and O–H groups in total. The van der Waals surface area contributed by atoms with Crippen LogP contribution in [0.3, 0.4) is 0 Å². The average Bonchev–Trinajstić information content (AvgIpc) is 2.35. The Kier molecular flexibility index (Phi) is 4.31. The molecule has 0 amide bonds. The van der Waals surface area contributed by atoms with Crippen LogP contribution in [0.25, 0.3) is 12.2 Å². The van der Waals surface area contributed by atoms with E-state index in [0.717, 1.165) is 20.4 Å². The molecule has 0 atom stereocenters. The SMILES string of the molecule is COc1ccc(/C=C/c2cc(O)cc(O)c2)cc1I. The minimum absolute atomic E-state index is 0.0453. The fourth-order valence-corrected chi connectivity index (χ4v) is 2.45. The summed E-state index contributed by atoms with van der Waals surface area (Å²) in [7, 11) is 1.64. The number of hydrogen-bond donors (Lipinski definition) is 2. The van der Waals surface area contributed by atoms with Crippen molar-refractivity contribution in [2.45, 2.75) is 0 Å². The summed E-state index contributed by atoms with van der Waals surface area (Å²) in [5.74, 6) is 0.931. The van der Waals surface area contributed by atoms with Gasteiger partial charge in [-0.2, -0.15) is 0 Å². The van der Waals surface area contributed by atoms with Crippen molar-refractivity contribution in [3.63, 3.8) is 0 Å². The number of aromatic hydroxyl groups is 2. The average molecular weight is 368 g/mol. The van der Waals surface area contributed by atoms with Crippen LogP contribution < -0.4 is 4.74 Å². The number of methoxy groups -OCH3 is 1. The Morgan fingerprint density at radius 2 is 1.58 bits per heavy atom. The van der Waals surface area contributed by atoms with Crippen molar-refractivity contribution in [2.75, 3.05) is 7.11 Å². The van der Waals surface area contributed by atoms with E-state index < -0.39 is 0 Å². The zero-order valence-electron chi connectivity index (χ0n) is 10.3. The highest BCUT2D eigenvalue weighted by Gasteiger charge is 2.00. The summed E-state index contributed by atoms with van der Waals surface area (Å²) in [6.07, 6.45) is 3.74. The molecule has 0 aliphatic rings. The molecule has 2 rings (SSSR count). The smallest absolute Gasteiger partial charge is 0.132 e. The maximum atomic E-state index is 9.39. The lowest BCUT2D eigenvalue weighted by Gasteiger charge is -2.03. The lowest BCUT2D eigenvalue weighted by Crippen LogP contribution is -1.86. The topological polar surface area (TPSA) is 49.7 Å². The molecule has 2 aromatic rings. The quantitative estimate of drug-likeness (QED) is 0.639. The molecule has 0 heterocycles. The summed E-state index contributed by atoms with van der Waals surface area (Å²) in [5.41, 5.74) is 1.76. The van der Waals surface area contributed by atoms with E-state index in [1.807, 2.05) is 30.4 Å². The number of phenolic OH excluding ortho intramolecular Hbond substituents is 2. The summed E-state index contributed by atoms with van der Waals surface area (Å²) in [5, 5.41) is 18.8. The maximum absolute atomic E-state index is 9.39. The zero-order chi connectivity index (χ0) is 13.8. The van der Waals surface area contributed by atoms with Gasteiger partial charge in [-0.05, 0) is 58.0 Å². The van der Waals surface area contributed by atoms with Gasteiger partial charge in [0.05, 0.1) is 10.7 Å². The van der Waals surface area contributed by atoms with E-state index in [-0.39, 0.29) is 11.5 Å². The molecule has 0 aliphatic carbocycles. The maximum Gasteiger partial charge on any atom is 0.132 e. The van der Waals surface area contributed by atoms with E-state index in [4.69, 9.17) is 4.74 Å². The summed E-state index contributed by atoms with van der Waals surface area (Å²) < 4.78 is 6.23. The van der Waals surface area contributed by atoms with Gasteiger partial charge >= 0.3 is 0 Å². The summed E-state index contributed by atoms with van der Waals surface area (Å²) in [6, 6.07) is 10.3. The molecule has 98 valence electrons. The van der Waals surface area contributed by atoms with Gasteiger partial charge in [-0.1, -0.05) is 18.2 Å². The van der Waals surface area contributed by atoms with Gasteiger partial charge in [-0.3, -0.25) is 0 Å². The number of phenols is 2. The van der Waals surface area contributed by atoms with Gasteiger partial charge in [0.1, 0.15) is 17.2 Å². The Bertz CT molecular complexity index is 601. The van der Waals surface area contributed by atoms with E-state index in [1.54, 1.807) is 19.2 Å². The van der Waals surface area contributed by atoms with Crippen molar-refractivity contribution < 1.29 is 14.9 Å². The summed E-state index contributed by atoms with van der Waals surface area (Å²) in [4.78, 5) is 0. The van der Waals surface area contributed by atoms with Crippen molar-refractivity contribution in [2.24, 2.45) is 0 Å². The van der Waals surface area contributed by atoms with Crippen molar-refractivity contribution in [3.05, 3.63) is 51.1 Å². The van der Waals surface area contributed by atoms with Gasteiger partial charge in [0, 0.05) is 6.07 Å². The molecule has 3 nitrogen and oxygen atoms in total. The molecule has 4 heteroatoms. The van der Waals surface area contributed by atoms with E-state index in [9.17, 15) is 10.2 Å². The zero-order valence-corrected chi connectivity index (χ0v) is 12.5. The normalized spacial score (nSPS) is 10.8.